The second-order valence-electron chi connectivity index (χ2n) is 2.76. The van der Waals surface area contributed by atoms with Crippen LogP contribution >= 0.6 is 23.1 Å². The molecular weight excluding hydrogens is 226 g/mol. The number of rotatable bonds is 2. The molecule has 5 heteroatoms. The highest BCUT2D eigenvalue weighted by Gasteiger charge is 2.03. The number of thiazole rings is 1. The largest absolute Gasteiger partial charge is 0.398 e. The highest BCUT2D eigenvalue weighted by atomic mass is 32.2. The second kappa shape index (κ2) is 4.34. The summed E-state index contributed by atoms with van der Waals surface area (Å²) in [5.41, 5.74) is 6.65. The summed E-state index contributed by atoms with van der Waals surface area (Å²) in [6, 6.07) is 7.47. The zero-order valence-corrected chi connectivity index (χ0v) is 9.31. The maximum absolute atomic E-state index is 8.82. The van der Waals surface area contributed by atoms with Gasteiger partial charge in [-0.15, -0.1) is 11.3 Å². The first-order valence-corrected chi connectivity index (χ1v) is 5.86. The molecule has 0 unspecified atom stereocenters. The van der Waals surface area contributed by atoms with Crippen LogP contribution in [0.5, 0.6) is 0 Å². The van der Waals surface area contributed by atoms with Crippen molar-refractivity contribution in [2.24, 2.45) is 0 Å². The van der Waals surface area contributed by atoms with E-state index in [0.717, 1.165) is 9.24 Å². The first-order valence-electron chi connectivity index (χ1n) is 4.16. The summed E-state index contributed by atoms with van der Waals surface area (Å²) in [6.45, 7) is 0. The van der Waals surface area contributed by atoms with E-state index in [1.54, 1.807) is 29.7 Å². The van der Waals surface area contributed by atoms with Gasteiger partial charge in [0.05, 0.1) is 5.56 Å². The van der Waals surface area contributed by atoms with Crippen LogP contribution in [0, 0.1) is 11.3 Å². The van der Waals surface area contributed by atoms with Crippen LogP contribution in [0.1, 0.15) is 5.56 Å². The van der Waals surface area contributed by atoms with Crippen LogP contribution in [-0.4, -0.2) is 4.98 Å². The van der Waals surface area contributed by atoms with Crippen molar-refractivity contribution >= 4 is 28.8 Å². The van der Waals surface area contributed by atoms with Crippen LogP contribution in [0.3, 0.4) is 0 Å². The lowest BCUT2D eigenvalue weighted by Gasteiger charge is -2.00. The lowest BCUT2D eigenvalue weighted by molar-refractivity contribution is 1.24. The maximum atomic E-state index is 8.82. The third-order valence-electron chi connectivity index (χ3n) is 1.76. The van der Waals surface area contributed by atoms with E-state index < -0.39 is 0 Å². The normalized spacial score (nSPS) is 9.80. The van der Waals surface area contributed by atoms with Crippen molar-refractivity contribution in [2.45, 2.75) is 9.24 Å². The number of hydrogen-bond acceptors (Lipinski definition) is 5. The summed E-state index contributed by atoms with van der Waals surface area (Å²) < 4.78 is 0.962. The van der Waals surface area contributed by atoms with E-state index in [2.05, 4.69) is 11.1 Å². The fourth-order valence-corrected chi connectivity index (χ4v) is 2.69. The number of nitrogens with zero attached hydrogens (tertiary/aromatic N) is 2. The minimum Gasteiger partial charge on any atom is -0.398 e. The summed E-state index contributed by atoms with van der Waals surface area (Å²) in [5.74, 6) is 0. The van der Waals surface area contributed by atoms with Crippen molar-refractivity contribution in [3.05, 3.63) is 35.3 Å². The zero-order valence-electron chi connectivity index (χ0n) is 7.68. The van der Waals surface area contributed by atoms with E-state index in [1.165, 1.54) is 11.8 Å². The molecule has 0 spiro atoms. The van der Waals surface area contributed by atoms with Gasteiger partial charge in [-0.1, -0.05) is 11.8 Å². The third-order valence-corrected chi connectivity index (χ3v) is 3.63. The predicted molar refractivity (Wildman–Crippen MR) is 61.8 cm³/mol. The molecule has 1 aromatic carbocycles. The van der Waals surface area contributed by atoms with Crippen molar-refractivity contribution in [2.75, 3.05) is 5.73 Å². The van der Waals surface area contributed by atoms with Crippen molar-refractivity contribution in [3.8, 4) is 6.07 Å². The molecule has 2 aromatic rings. The Bertz CT molecular complexity index is 500. The van der Waals surface area contributed by atoms with Crippen LogP contribution in [-0.2, 0) is 0 Å². The molecule has 0 aliphatic rings. The van der Waals surface area contributed by atoms with Crippen molar-refractivity contribution in [1.82, 2.24) is 4.98 Å². The topological polar surface area (TPSA) is 62.7 Å². The van der Waals surface area contributed by atoms with Gasteiger partial charge < -0.3 is 5.73 Å². The maximum Gasteiger partial charge on any atom is 0.154 e. The summed E-state index contributed by atoms with van der Waals surface area (Å²) >= 11 is 3.11. The van der Waals surface area contributed by atoms with Gasteiger partial charge in [0.25, 0.3) is 0 Å². The smallest absolute Gasteiger partial charge is 0.154 e. The summed E-state index contributed by atoms with van der Waals surface area (Å²) in [7, 11) is 0. The van der Waals surface area contributed by atoms with Crippen molar-refractivity contribution in [3.63, 3.8) is 0 Å². The van der Waals surface area contributed by atoms with Crippen molar-refractivity contribution in [1.29, 1.82) is 5.26 Å². The molecule has 0 fully saturated rings. The van der Waals surface area contributed by atoms with Gasteiger partial charge in [0.1, 0.15) is 6.07 Å². The van der Waals surface area contributed by atoms with E-state index in [0.29, 0.717) is 11.3 Å². The van der Waals surface area contributed by atoms with Crippen LogP contribution in [0.15, 0.2) is 39.0 Å². The Morgan fingerprint density at radius 3 is 3.00 bits per heavy atom. The Morgan fingerprint density at radius 1 is 1.47 bits per heavy atom. The number of anilines is 1. The molecule has 0 aliphatic heterocycles. The van der Waals surface area contributed by atoms with Crippen LogP contribution in [0.25, 0.3) is 0 Å². The van der Waals surface area contributed by atoms with Gasteiger partial charge in [0, 0.05) is 22.2 Å². The summed E-state index contributed by atoms with van der Waals surface area (Å²) in [4.78, 5) is 5.14. The number of nitriles is 1. The van der Waals surface area contributed by atoms with Crippen molar-refractivity contribution < 1.29 is 0 Å². The molecule has 0 atom stereocenters. The van der Waals surface area contributed by atoms with E-state index in [4.69, 9.17) is 11.0 Å². The van der Waals surface area contributed by atoms with E-state index in [-0.39, 0.29) is 0 Å². The van der Waals surface area contributed by atoms with E-state index in [9.17, 15) is 0 Å². The van der Waals surface area contributed by atoms with E-state index >= 15 is 0 Å². The molecule has 3 nitrogen and oxygen atoms in total. The van der Waals surface area contributed by atoms with Crippen LogP contribution in [0.4, 0.5) is 5.69 Å². The molecule has 0 saturated heterocycles. The highest BCUT2D eigenvalue weighted by molar-refractivity contribution is 8.01. The standard InChI is InChI=1S/C10H7N3S2/c11-6-7-5-8(1-2-9(7)12)15-10-13-3-4-14-10/h1-5H,12H2. The summed E-state index contributed by atoms with van der Waals surface area (Å²) in [5, 5.41) is 10.7. The Morgan fingerprint density at radius 2 is 2.33 bits per heavy atom. The Balaban J connectivity index is 2.27. The predicted octanol–water partition coefficient (Wildman–Crippen LogP) is 2.75. The minimum absolute atomic E-state index is 0.511. The van der Waals surface area contributed by atoms with Gasteiger partial charge in [-0.2, -0.15) is 5.26 Å². The quantitative estimate of drug-likeness (QED) is 0.810. The molecule has 1 aromatic heterocycles. The monoisotopic (exact) mass is 233 g/mol. The molecule has 2 rings (SSSR count). The van der Waals surface area contributed by atoms with Gasteiger partial charge in [0.15, 0.2) is 4.34 Å². The number of hydrogen-bond donors (Lipinski definition) is 1. The Labute approximate surface area is 95.6 Å². The molecule has 0 amide bonds. The average molecular weight is 233 g/mol. The average Bonchev–Trinajstić information content (AvgIpc) is 2.73. The number of benzene rings is 1. The van der Waals surface area contributed by atoms with Crippen LogP contribution < -0.4 is 5.73 Å². The van der Waals surface area contributed by atoms with Gasteiger partial charge in [-0.3, -0.25) is 0 Å². The first-order chi connectivity index (χ1) is 7.29. The SMILES string of the molecule is N#Cc1cc(Sc2nccs2)ccc1N. The van der Waals surface area contributed by atoms with Gasteiger partial charge in [0.2, 0.25) is 0 Å². The molecule has 1 heterocycles. The highest BCUT2D eigenvalue weighted by Crippen LogP contribution is 2.30. The lowest BCUT2D eigenvalue weighted by atomic mass is 10.2. The first kappa shape index (κ1) is 10.0. The fourth-order valence-electron chi connectivity index (χ4n) is 1.06. The number of aromatic nitrogens is 1. The molecule has 2 N–H and O–H groups in total. The molecule has 0 radical (unpaired) electrons. The molecular formula is C10H7N3S2. The molecule has 74 valence electrons. The third kappa shape index (κ3) is 2.29. The minimum atomic E-state index is 0.511. The second-order valence-corrected chi connectivity index (χ2v) is 4.98. The molecule has 0 bridgehead atoms. The van der Waals surface area contributed by atoms with Gasteiger partial charge >= 0.3 is 0 Å². The lowest BCUT2D eigenvalue weighted by Crippen LogP contribution is -1.89. The Kier molecular flexibility index (Phi) is 2.90. The Hall–Kier alpha value is -1.51. The van der Waals surface area contributed by atoms with Crippen LogP contribution in [0.2, 0.25) is 0 Å². The zero-order chi connectivity index (χ0) is 10.7. The molecule has 0 aliphatic carbocycles. The molecule has 0 saturated carbocycles. The number of nitrogen functional groups attached to an aromatic ring is 1. The summed E-state index contributed by atoms with van der Waals surface area (Å²) in [6.07, 6.45) is 1.76. The van der Waals surface area contributed by atoms with Gasteiger partial charge in [-0.25, -0.2) is 4.98 Å². The van der Waals surface area contributed by atoms with Gasteiger partial charge in [-0.05, 0) is 18.2 Å². The molecule has 15 heavy (non-hydrogen) atoms. The number of nitrogens with two attached hydrogens (primary N) is 1. The fraction of sp³-hybridized carbons (Fsp3) is 0. The van der Waals surface area contributed by atoms with E-state index in [1.807, 2.05) is 11.4 Å².